The number of hydrogen-bond acceptors (Lipinski definition) is 2. The van der Waals surface area contributed by atoms with E-state index in [0.29, 0.717) is 6.42 Å². The third-order valence-electron chi connectivity index (χ3n) is 2.41. The van der Waals surface area contributed by atoms with Gasteiger partial charge in [0.25, 0.3) is 0 Å². The maximum absolute atomic E-state index is 12.0. The molecular weight excluding hydrogens is 196 g/mol. The number of allylic oxidation sites excluding steroid dienone is 3. The van der Waals surface area contributed by atoms with Crippen LogP contribution in [0.15, 0.2) is 24.3 Å². The minimum absolute atomic E-state index is 0.376. The third kappa shape index (κ3) is 1.51. The lowest BCUT2D eigenvalue weighted by molar-refractivity contribution is 0.567. The Balaban J connectivity index is 3.24. The van der Waals surface area contributed by atoms with Gasteiger partial charge in [-0.25, -0.2) is 8.42 Å². The summed E-state index contributed by atoms with van der Waals surface area (Å²) in [5, 5.41) is -0.449. The van der Waals surface area contributed by atoms with Crippen LogP contribution in [-0.4, -0.2) is 18.4 Å². The zero-order valence-electron chi connectivity index (χ0n) is 8.40. The van der Waals surface area contributed by atoms with Crippen molar-refractivity contribution in [1.82, 2.24) is 0 Å². The summed E-state index contributed by atoms with van der Waals surface area (Å²) in [4.78, 5) is 0. The van der Waals surface area contributed by atoms with Gasteiger partial charge >= 0.3 is 0 Å². The summed E-state index contributed by atoms with van der Waals surface area (Å²) in [5.41, 5.74) is 0. The van der Waals surface area contributed by atoms with Gasteiger partial charge in [-0.2, -0.15) is 0 Å². The highest BCUT2D eigenvalue weighted by molar-refractivity contribution is 7.93. The molecule has 2 nitrogen and oxygen atoms in total. The molecule has 1 aliphatic rings. The molecule has 3 heteroatoms. The number of rotatable bonds is 2. The second-order valence-corrected chi connectivity index (χ2v) is 6.38. The van der Waals surface area contributed by atoms with Crippen LogP contribution in [0, 0.1) is 12.3 Å². The molecule has 0 heterocycles. The molecule has 0 N–H and O–H groups in total. The smallest absolute Gasteiger partial charge is 0.173 e. The van der Waals surface area contributed by atoms with Gasteiger partial charge in [0.2, 0.25) is 0 Å². The highest BCUT2D eigenvalue weighted by Gasteiger charge is 2.41. The molecule has 1 atom stereocenters. The highest BCUT2D eigenvalue weighted by atomic mass is 32.2. The van der Waals surface area contributed by atoms with E-state index in [0.717, 1.165) is 0 Å². The van der Waals surface area contributed by atoms with Crippen molar-refractivity contribution in [3.8, 4) is 12.3 Å². The summed E-state index contributed by atoms with van der Waals surface area (Å²) in [7, 11) is -3.29. The van der Waals surface area contributed by atoms with Crippen LogP contribution in [0.1, 0.15) is 20.3 Å². The molecule has 0 bridgehead atoms. The predicted octanol–water partition coefficient (Wildman–Crippen LogP) is 1.70. The molecule has 1 aliphatic carbocycles. The molecule has 0 amide bonds. The lowest BCUT2D eigenvalue weighted by Gasteiger charge is -2.27. The standard InChI is InChI=1S/C11H14O2S/c1-4-11(8-6-5-7-9-11)14(12,13)10(2)3/h1,5-8,10H,9H2,2-3H3. The van der Waals surface area contributed by atoms with Crippen molar-refractivity contribution in [3.63, 3.8) is 0 Å². The van der Waals surface area contributed by atoms with Gasteiger partial charge in [0, 0.05) is 0 Å². The summed E-state index contributed by atoms with van der Waals surface area (Å²) in [6.45, 7) is 3.31. The van der Waals surface area contributed by atoms with Gasteiger partial charge in [-0.15, -0.1) is 6.42 Å². The topological polar surface area (TPSA) is 34.1 Å². The molecule has 14 heavy (non-hydrogen) atoms. The summed E-state index contributed by atoms with van der Waals surface area (Å²) in [6, 6.07) is 0. The van der Waals surface area contributed by atoms with Crippen LogP contribution >= 0.6 is 0 Å². The Morgan fingerprint density at radius 2 is 2.07 bits per heavy atom. The maximum Gasteiger partial charge on any atom is 0.173 e. The van der Waals surface area contributed by atoms with Crippen molar-refractivity contribution in [2.75, 3.05) is 0 Å². The van der Waals surface area contributed by atoms with Crippen molar-refractivity contribution in [2.45, 2.75) is 30.3 Å². The minimum atomic E-state index is -3.29. The largest absolute Gasteiger partial charge is 0.227 e. The summed E-state index contributed by atoms with van der Waals surface area (Å²) < 4.78 is 22.9. The van der Waals surface area contributed by atoms with Gasteiger partial charge in [0.05, 0.1) is 5.25 Å². The molecule has 0 fully saturated rings. The van der Waals surface area contributed by atoms with Crippen molar-refractivity contribution in [1.29, 1.82) is 0 Å². The molecule has 0 radical (unpaired) electrons. The number of sulfone groups is 1. The minimum Gasteiger partial charge on any atom is -0.227 e. The first kappa shape index (κ1) is 11.1. The molecule has 1 rings (SSSR count). The van der Waals surface area contributed by atoms with Crippen LogP contribution < -0.4 is 0 Å². The second kappa shape index (κ2) is 3.62. The van der Waals surface area contributed by atoms with Crippen LogP contribution in [0.5, 0.6) is 0 Å². The Morgan fingerprint density at radius 3 is 2.43 bits per heavy atom. The number of terminal acetylenes is 1. The average Bonchev–Trinajstić information content (AvgIpc) is 2.18. The lowest BCUT2D eigenvalue weighted by atomic mass is 10.0. The molecule has 0 aromatic heterocycles. The van der Waals surface area contributed by atoms with Crippen LogP contribution in [0.25, 0.3) is 0 Å². The van der Waals surface area contributed by atoms with E-state index in [4.69, 9.17) is 6.42 Å². The SMILES string of the molecule is C#CC1(S(=O)(=O)C(C)C)C=CC=CC1. The van der Waals surface area contributed by atoms with E-state index >= 15 is 0 Å². The van der Waals surface area contributed by atoms with Crippen molar-refractivity contribution in [2.24, 2.45) is 0 Å². The molecule has 0 saturated carbocycles. The van der Waals surface area contributed by atoms with Crippen molar-refractivity contribution < 1.29 is 8.42 Å². The third-order valence-corrected chi connectivity index (χ3v) is 5.08. The molecule has 76 valence electrons. The van der Waals surface area contributed by atoms with E-state index in [-0.39, 0.29) is 0 Å². The van der Waals surface area contributed by atoms with E-state index in [1.807, 2.05) is 6.08 Å². The fourth-order valence-electron chi connectivity index (χ4n) is 1.42. The Labute approximate surface area is 85.6 Å². The zero-order valence-corrected chi connectivity index (χ0v) is 9.21. The van der Waals surface area contributed by atoms with E-state index in [9.17, 15) is 8.42 Å². The van der Waals surface area contributed by atoms with Gasteiger partial charge in [-0.3, -0.25) is 0 Å². The van der Waals surface area contributed by atoms with Crippen LogP contribution in [0.3, 0.4) is 0 Å². The quantitative estimate of drug-likeness (QED) is 0.650. The van der Waals surface area contributed by atoms with E-state index in [1.54, 1.807) is 32.1 Å². The van der Waals surface area contributed by atoms with E-state index in [1.165, 1.54) is 0 Å². The summed E-state index contributed by atoms with van der Waals surface area (Å²) >= 11 is 0. The Hall–Kier alpha value is -1.01. The van der Waals surface area contributed by atoms with E-state index < -0.39 is 19.8 Å². The molecule has 0 aliphatic heterocycles. The second-order valence-electron chi connectivity index (χ2n) is 3.62. The Bertz CT molecular complexity index is 407. The van der Waals surface area contributed by atoms with Crippen LogP contribution in [0.4, 0.5) is 0 Å². The molecule has 0 aromatic rings. The van der Waals surface area contributed by atoms with Gasteiger partial charge in [0.1, 0.15) is 0 Å². The van der Waals surface area contributed by atoms with Crippen LogP contribution in [-0.2, 0) is 9.84 Å². The number of hydrogen-bond donors (Lipinski definition) is 0. The Kier molecular flexibility index (Phi) is 2.86. The first-order valence-corrected chi connectivity index (χ1v) is 6.06. The summed E-state index contributed by atoms with van der Waals surface area (Å²) in [5.74, 6) is 2.41. The fraction of sp³-hybridized carbons (Fsp3) is 0.455. The average molecular weight is 210 g/mol. The molecule has 0 saturated heterocycles. The summed E-state index contributed by atoms with van der Waals surface area (Å²) in [6.07, 6.45) is 12.6. The lowest BCUT2D eigenvalue weighted by Crippen LogP contribution is -2.40. The van der Waals surface area contributed by atoms with E-state index in [2.05, 4.69) is 5.92 Å². The normalized spacial score (nSPS) is 26.4. The van der Waals surface area contributed by atoms with Gasteiger partial charge in [-0.05, 0) is 20.3 Å². The first-order valence-electron chi connectivity index (χ1n) is 4.52. The van der Waals surface area contributed by atoms with Gasteiger partial charge in [-0.1, -0.05) is 30.2 Å². The monoisotopic (exact) mass is 210 g/mol. The predicted molar refractivity (Wildman–Crippen MR) is 58.5 cm³/mol. The van der Waals surface area contributed by atoms with Crippen molar-refractivity contribution in [3.05, 3.63) is 24.3 Å². The maximum atomic E-state index is 12.0. The highest BCUT2D eigenvalue weighted by Crippen LogP contribution is 2.29. The molecule has 0 spiro atoms. The van der Waals surface area contributed by atoms with Gasteiger partial charge in [0.15, 0.2) is 14.6 Å². The zero-order chi connectivity index (χ0) is 10.8. The molecular formula is C11H14O2S. The van der Waals surface area contributed by atoms with Crippen molar-refractivity contribution >= 4 is 9.84 Å². The Morgan fingerprint density at radius 1 is 1.43 bits per heavy atom. The van der Waals surface area contributed by atoms with Crippen LogP contribution in [0.2, 0.25) is 0 Å². The van der Waals surface area contributed by atoms with Gasteiger partial charge < -0.3 is 0 Å². The first-order chi connectivity index (χ1) is 6.46. The molecule has 0 aromatic carbocycles. The fourth-order valence-corrected chi connectivity index (χ4v) is 3.02. The molecule has 1 unspecified atom stereocenters.